The molecule has 2 aromatic carbocycles. The van der Waals surface area contributed by atoms with Crippen molar-refractivity contribution in [2.75, 3.05) is 62.2 Å². The fraction of sp³-hybridized carbons (Fsp3) is 0.364. The van der Waals surface area contributed by atoms with E-state index in [2.05, 4.69) is 68.1 Å². The molecule has 2 aliphatic heterocycles. The van der Waals surface area contributed by atoms with Gasteiger partial charge in [0, 0.05) is 63.7 Å². The van der Waals surface area contributed by atoms with E-state index in [9.17, 15) is 0 Å². The van der Waals surface area contributed by atoms with Crippen LogP contribution >= 0.6 is 24.4 Å². The summed E-state index contributed by atoms with van der Waals surface area (Å²) in [4.78, 5) is 8.91. The summed E-state index contributed by atoms with van der Waals surface area (Å²) in [6.45, 7) is 7.77. The first-order chi connectivity index (χ1) is 14.5. The zero-order valence-electron chi connectivity index (χ0n) is 17.2. The van der Waals surface area contributed by atoms with Gasteiger partial charge in [0.25, 0.3) is 0 Å². The van der Waals surface area contributed by atoms with Crippen molar-refractivity contribution in [3.05, 3.63) is 60.7 Å². The summed E-state index contributed by atoms with van der Waals surface area (Å²) in [5.41, 5.74) is 2.57. The summed E-state index contributed by atoms with van der Waals surface area (Å²) in [5.74, 6) is 0. The third kappa shape index (κ3) is 7.99. The molecular formula is C22H26N4NiS4. The Hall–Kier alpha value is -1.25. The zero-order chi connectivity index (χ0) is 21.3. The fourth-order valence-corrected chi connectivity index (χ4v) is 4.30. The third-order valence-corrected chi connectivity index (χ3v) is 6.35. The quantitative estimate of drug-likeness (QED) is 0.328. The van der Waals surface area contributed by atoms with Crippen molar-refractivity contribution in [3.63, 3.8) is 0 Å². The zero-order valence-corrected chi connectivity index (χ0v) is 21.4. The molecule has 2 aliphatic rings. The molecular weight excluding hydrogens is 507 g/mol. The molecule has 4 nitrogen and oxygen atoms in total. The SMILES string of the molecule is S=C([S-])N1CCN(c2ccccc2)CC1.S=C([S-])N1CCN(c2ccccc2)CC1.[Ni+2]. The van der Waals surface area contributed by atoms with Gasteiger partial charge in [-0.2, -0.15) is 0 Å². The van der Waals surface area contributed by atoms with E-state index < -0.39 is 0 Å². The summed E-state index contributed by atoms with van der Waals surface area (Å²) in [6, 6.07) is 20.9. The van der Waals surface area contributed by atoms with Gasteiger partial charge in [0.05, 0.1) is 0 Å². The number of thiocarbonyl (C=S) groups is 2. The van der Waals surface area contributed by atoms with Crippen LogP contribution in [0.3, 0.4) is 0 Å². The number of piperazine rings is 2. The Balaban J connectivity index is 0.000000213. The van der Waals surface area contributed by atoms with E-state index in [0.29, 0.717) is 8.64 Å². The monoisotopic (exact) mass is 532 g/mol. The van der Waals surface area contributed by atoms with Gasteiger partial charge in [-0.05, 0) is 24.3 Å². The van der Waals surface area contributed by atoms with Crippen LogP contribution in [0.1, 0.15) is 0 Å². The van der Waals surface area contributed by atoms with Crippen LogP contribution in [0.25, 0.3) is 0 Å². The fourth-order valence-electron chi connectivity index (χ4n) is 3.57. The van der Waals surface area contributed by atoms with E-state index in [1.807, 2.05) is 12.1 Å². The summed E-state index contributed by atoms with van der Waals surface area (Å²) in [7, 11) is 0. The van der Waals surface area contributed by atoms with Crippen LogP contribution in [0.4, 0.5) is 11.4 Å². The molecule has 0 saturated carbocycles. The molecule has 2 saturated heterocycles. The van der Waals surface area contributed by atoms with E-state index in [-0.39, 0.29) is 16.5 Å². The van der Waals surface area contributed by atoms with Crippen molar-refractivity contribution >= 4 is 69.7 Å². The average molecular weight is 533 g/mol. The van der Waals surface area contributed by atoms with Crippen molar-refractivity contribution in [1.82, 2.24) is 9.80 Å². The summed E-state index contributed by atoms with van der Waals surface area (Å²) in [6.07, 6.45) is 0. The van der Waals surface area contributed by atoms with E-state index in [4.69, 9.17) is 49.7 Å². The van der Waals surface area contributed by atoms with Gasteiger partial charge in [-0.25, -0.2) is 0 Å². The first-order valence-corrected chi connectivity index (χ1v) is 11.7. The molecule has 2 aromatic rings. The Bertz CT molecular complexity index is 739. The first-order valence-electron chi connectivity index (χ1n) is 10.1. The Morgan fingerprint density at radius 3 is 1.10 bits per heavy atom. The largest absolute Gasteiger partial charge is 2.00 e. The van der Waals surface area contributed by atoms with E-state index in [0.717, 1.165) is 52.4 Å². The number of hydrogen-bond acceptors (Lipinski definition) is 6. The molecule has 0 atom stereocenters. The molecule has 4 rings (SSSR count). The van der Waals surface area contributed by atoms with Gasteiger partial charge in [0.1, 0.15) is 0 Å². The van der Waals surface area contributed by atoms with Gasteiger partial charge in [-0.1, -0.05) is 45.0 Å². The van der Waals surface area contributed by atoms with Crippen molar-refractivity contribution in [3.8, 4) is 0 Å². The number of hydrogen-bond donors (Lipinski definition) is 0. The van der Waals surface area contributed by atoms with Gasteiger partial charge in [0.2, 0.25) is 0 Å². The van der Waals surface area contributed by atoms with Gasteiger partial charge >= 0.3 is 16.5 Å². The minimum atomic E-state index is 0. The maximum absolute atomic E-state index is 4.99. The molecule has 2 fully saturated rings. The van der Waals surface area contributed by atoms with Crippen LogP contribution in [0.2, 0.25) is 0 Å². The number of anilines is 2. The normalized spacial score (nSPS) is 16.0. The second kappa shape index (κ2) is 13.3. The van der Waals surface area contributed by atoms with Gasteiger partial charge in [0.15, 0.2) is 0 Å². The Kier molecular flexibility index (Phi) is 11.2. The molecule has 0 N–H and O–H groups in total. The molecule has 0 spiro atoms. The van der Waals surface area contributed by atoms with Crippen molar-refractivity contribution in [2.24, 2.45) is 0 Å². The number of nitrogens with zero attached hydrogens (tertiary/aromatic N) is 4. The second-order valence-corrected chi connectivity index (χ2v) is 9.21. The van der Waals surface area contributed by atoms with Crippen LogP contribution in [0, 0.1) is 0 Å². The number of rotatable bonds is 2. The van der Waals surface area contributed by atoms with Gasteiger partial charge in [-0.15, -0.1) is 0 Å². The van der Waals surface area contributed by atoms with Crippen LogP contribution in [0.5, 0.6) is 0 Å². The van der Waals surface area contributed by atoms with E-state index >= 15 is 0 Å². The summed E-state index contributed by atoms with van der Waals surface area (Å²) in [5, 5.41) is 0. The predicted octanol–water partition coefficient (Wildman–Crippen LogP) is 3.28. The van der Waals surface area contributed by atoms with Crippen LogP contribution in [-0.4, -0.2) is 70.8 Å². The minimum Gasteiger partial charge on any atom is -0.411 e. The Morgan fingerprint density at radius 2 is 0.839 bits per heavy atom. The van der Waals surface area contributed by atoms with Gasteiger partial charge in [-0.3, -0.25) is 0 Å². The van der Waals surface area contributed by atoms with Gasteiger partial charge < -0.3 is 69.3 Å². The Labute approximate surface area is 217 Å². The number of benzene rings is 2. The van der Waals surface area contributed by atoms with Crippen molar-refractivity contribution in [2.45, 2.75) is 0 Å². The molecule has 0 amide bonds. The molecule has 0 radical (unpaired) electrons. The first kappa shape index (κ1) is 26.0. The molecule has 0 aliphatic carbocycles. The molecule has 31 heavy (non-hydrogen) atoms. The summed E-state index contributed by atoms with van der Waals surface area (Å²) >= 11 is 20.0. The second-order valence-electron chi connectivity index (χ2n) is 7.15. The summed E-state index contributed by atoms with van der Waals surface area (Å²) < 4.78 is 1.20. The minimum absolute atomic E-state index is 0. The van der Waals surface area contributed by atoms with Crippen LogP contribution < -0.4 is 9.80 Å². The third-order valence-electron chi connectivity index (χ3n) is 5.32. The topological polar surface area (TPSA) is 13.0 Å². The molecule has 0 aromatic heterocycles. The van der Waals surface area contributed by atoms with Crippen molar-refractivity contribution < 1.29 is 16.5 Å². The van der Waals surface area contributed by atoms with E-state index in [1.165, 1.54) is 11.4 Å². The molecule has 9 heteroatoms. The maximum Gasteiger partial charge on any atom is 2.00 e. The van der Waals surface area contributed by atoms with Crippen LogP contribution in [0.15, 0.2) is 60.7 Å². The molecule has 168 valence electrons. The smallest absolute Gasteiger partial charge is 0.411 e. The average Bonchev–Trinajstić information content (AvgIpc) is 2.81. The van der Waals surface area contributed by atoms with Crippen LogP contribution in [-0.2, 0) is 41.7 Å². The maximum atomic E-state index is 4.99. The number of para-hydroxylation sites is 2. The predicted molar refractivity (Wildman–Crippen MR) is 140 cm³/mol. The molecule has 2 heterocycles. The molecule has 0 bridgehead atoms. The van der Waals surface area contributed by atoms with Crippen molar-refractivity contribution in [1.29, 1.82) is 0 Å². The standard InChI is InChI=1S/2C11H14N2S2.Ni/c2*14-11(15)13-8-6-12(7-9-13)10-4-2-1-3-5-10;/h2*1-5H,6-9H2,(H,14,15);/q;;+2/p-2. The Morgan fingerprint density at radius 1 is 0.548 bits per heavy atom. The van der Waals surface area contributed by atoms with E-state index in [1.54, 1.807) is 0 Å². The molecule has 0 unspecified atom stereocenters.